The number of anilines is 1. The molecule has 28 heavy (non-hydrogen) atoms. The fraction of sp³-hybridized carbons (Fsp3) is 0.200. The van der Waals surface area contributed by atoms with Crippen molar-refractivity contribution in [3.8, 4) is 11.5 Å². The number of rotatable bonds is 4. The van der Waals surface area contributed by atoms with Gasteiger partial charge in [-0.15, -0.1) is 10.2 Å². The van der Waals surface area contributed by atoms with E-state index in [4.69, 9.17) is 11.6 Å². The molecule has 3 heterocycles. The highest BCUT2D eigenvalue weighted by Crippen LogP contribution is 2.26. The number of aromatic amines is 1. The van der Waals surface area contributed by atoms with Crippen LogP contribution in [0.25, 0.3) is 22.4 Å². The molecule has 0 aliphatic carbocycles. The van der Waals surface area contributed by atoms with Crippen molar-refractivity contribution in [1.29, 1.82) is 0 Å². The number of nitrogens with zero attached hydrogens (tertiary/aromatic N) is 4. The monoisotopic (exact) mass is 394 g/mol. The van der Waals surface area contributed by atoms with Crippen molar-refractivity contribution in [1.82, 2.24) is 24.7 Å². The van der Waals surface area contributed by atoms with E-state index in [1.54, 1.807) is 24.5 Å². The minimum absolute atomic E-state index is 0.200. The Bertz CT molecular complexity index is 1180. The van der Waals surface area contributed by atoms with Gasteiger partial charge < -0.3 is 14.9 Å². The quantitative estimate of drug-likeness (QED) is 0.528. The van der Waals surface area contributed by atoms with Gasteiger partial charge in [-0.1, -0.05) is 23.7 Å². The average molecular weight is 395 g/mol. The van der Waals surface area contributed by atoms with Crippen LogP contribution in [0.1, 0.15) is 35.9 Å². The van der Waals surface area contributed by atoms with E-state index in [2.05, 4.69) is 25.5 Å². The van der Waals surface area contributed by atoms with Gasteiger partial charge in [0.15, 0.2) is 5.82 Å². The minimum atomic E-state index is -0.235. The number of amides is 1. The van der Waals surface area contributed by atoms with Crippen LogP contribution in [-0.4, -0.2) is 30.6 Å². The lowest BCUT2D eigenvalue weighted by Gasteiger charge is -2.10. The summed E-state index contributed by atoms with van der Waals surface area (Å²) in [6, 6.07) is 11.0. The number of aryl methyl sites for hydroxylation is 1. The first-order chi connectivity index (χ1) is 13.4. The molecule has 4 rings (SSSR count). The summed E-state index contributed by atoms with van der Waals surface area (Å²) in [5.74, 6) is 0.869. The fourth-order valence-electron chi connectivity index (χ4n) is 3.21. The lowest BCUT2D eigenvalue weighted by molar-refractivity contribution is 0.102. The predicted molar refractivity (Wildman–Crippen MR) is 110 cm³/mol. The van der Waals surface area contributed by atoms with E-state index < -0.39 is 0 Å². The molecule has 8 heteroatoms. The third kappa shape index (κ3) is 3.25. The molecule has 0 saturated heterocycles. The van der Waals surface area contributed by atoms with Gasteiger partial charge in [0.05, 0.1) is 5.56 Å². The second kappa shape index (κ2) is 7.09. The van der Waals surface area contributed by atoms with Crippen LogP contribution >= 0.6 is 11.6 Å². The molecule has 0 bridgehead atoms. The van der Waals surface area contributed by atoms with Crippen LogP contribution in [0.3, 0.4) is 0 Å². The zero-order chi connectivity index (χ0) is 19.8. The zero-order valence-corrected chi connectivity index (χ0v) is 16.4. The average Bonchev–Trinajstić information content (AvgIpc) is 3.25. The molecule has 0 spiro atoms. The first-order valence-electron chi connectivity index (χ1n) is 8.90. The maximum Gasteiger partial charge on any atom is 0.259 e. The van der Waals surface area contributed by atoms with Crippen LogP contribution in [-0.2, 0) is 0 Å². The number of H-pyrrole nitrogens is 1. The number of halogens is 1. The van der Waals surface area contributed by atoms with E-state index in [-0.39, 0.29) is 11.9 Å². The highest BCUT2D eigenvalue weighted by Gasteiger charge is 2.18. The number of hydrogen-bond acceptors (Lipinski definition) is 4. The van der Waals surface area contributed by atoms with E-state index in [9.17, 15) is 4.79 Å². The molecule has 0 aliphatic rings. The summed E-state index contributed by atoms with van der Waals surface area (Å²) < 4.78 is 1.93. The van der Waals surface area contributed by atoms with Crippen LogP contribution in [0, 0.1) is 6.92 Å². The molecule has 0 aliphatic heterocycles. The van der Waals surface area contributed by atoms with Crippen molar-refractivity contribution in [3.63, 3.8) is 0 Å². The Morgan fingerprint density at radius 2 is 2.07 bits per heavy atom. The Labute approximate surface area is 166 Å². The Morgan fingerprint density at radius 3 is 2.86 bits per heavy atom. The van der Waals surface area contributed by atoms with E-state index in [0.717, 1.165) is 16.6 Å². The van der Waals surface area contributed by atoms with Gasteiger partial charge in [-0.2, -0.15) is 0 Å². The van der Waals surface area contributed by atoms with Crippen molar-refractivity contribution in [2.24, 2.45) is 0 Å². The van der Waals surface area contributed by atoms with Crippen LogP contribution in [0.4, 0.5) is 5.82 Å². The minimum Gasteiger partial charge on any atom is -0.358 e. The number of pyridine rings is 1. The molecule has 0 atom stereocenters. The summed E-state index contributed by atoms with van der Waals surface area (Å²) in [7, 11) is 0. The third-order valence-corrected chi connectivity index (χ3v) is 4.76. The Morgan fingerprint density at radius 1 is 1.25 bits per heavy atom. The first-order valence-corrected chi connectivity index (χ1v) is 9.28. The summed E-state index contributed by atoms with van der Waals surface area (Å²) in [5, 5.41) is 12.4. The molecule has 142 valence electrons. The summed E-state index contributed by atoms with van der Waals surface area (Å²) in [6.07, 6.45) is 1.67. The highest BCUT2D eigenvalue weighted by molar-refractivity contribution is 6.31. The molecule has 3 aromatic heterocycles. The van der Waals surface area contributed by atoms with Gasteiger partial charge in [0.2, 0.25) is 0 Å². The molecule has 7 nitrogen and oxygen atoms in total. The summed E-state index contributed by atoms with van der Waals surface area (Å²) in [4.78, 5) is 20.7. The van der Waals surface area contributed by atoms with Crippen LogP contribution in [0.2, 0.25) is 5.02 Å². The van der Waals surface area contributed by atoms with E-state index in [1.165, 1.54) is 0 Å². The summed E-state index contributed by atoms with van der Waals surface area (Å²) >= 11 is 6.05. The van der Waals surface area contributed by atoms with Crippen LogP contribution in [0.5, 0.6) is 0 Å². The van der Waals surface area contributed by atoms with Crippen molar-refractivity contribution < 1.29 is 4.79 Å². The molecule has 1 aromatic carbocycles. The molecule has 0 radical (unpaired) electrons. The van der Waals surface area contributed by atoms with Crippen molar-refractivity contribution in [3.05, 3.63) is 59.0 Å². The van der Waals surface area contributed by atoms with Gasteiger partial charge in [-0.25, -0.2) is 4.98 Å². The van der Waals surface area contributed by atoms with E-state index in [1.807, 2.05) is 43.5 Å². The molecule has 0 saturated carbocycles. The molecule has 2 N–H and O–H groups in total. The predicted octanol–water partition coefficient (Wildman–Crippen LogP) is 4.62. The molecule has 1 amide bonds. The Hall–Kier alpha value is -3.19. The number of benzene rings is 1. The zero-order valence-electron chi connectivity index (χ0n) is 15.7. The molecular weight excluding hydrogens is 376 g/mol. The number of nitrogens with one attached hydrogen (secondary N) is 2. The highest BCUT2D eigenvalue weighted by atomic mass is 35.5. The molecular formula is C20H19ClN6O. The standard InChI is InChI=1S/C20H19ClN6O/c1-11(2)27-10-22-26-19(27)15-5-4-6-17(24-15)25-20(28)18-12(3)23-16-9-13(21)7-8-14(16)18/h4-11,23H,1-3H3,(H,24,25,28). The number of carbonyl (C=O) groups excluding carboxylic acids is 1. The number of fused-ring (bicyclic) bond motifs is 1. The Kier molecular flexibility index (Phi) is 4.60. The lowest BCUT2D eigenvalue weighted by atomic mass is 10.1. The number of aromatic nitrogens is 5. The number of carbonyl (C=O) groups is 1. The molecule has 0 fully saturated rings. The van der Waals surface area contributed by atoms with E-state index in [0.29, 0.717) is 27.9 Å². The van der Waals surface area contributed by atoms with Crippen LogP contribution < -0.4 is 5.32 Å². The van der Waals surface area contributed by atoms with Gasteiger partial charge in [0.1, 0.15) is 17.8 Å². The third-order valence-electron chi connectivity index (χ3n) is 4.52. The van der Waals surface area contributed by atoms with Crippen molar-refractivity contribution in [2.75, 3.05) is 5.32 Å². The summed E-state index contributed by atoms with van der Waals surface area (Å²) in [5.41, 5.74) is 2.81. The van der Waals surface area contributed by atoms with Gasteiger partial charge >= 0.3 is 0 Å². The van der Waals surface area contributed by atoms with Gasteiger partial charge in [-0.3, -0.25) is 4.79 Å². The van der Waals surface area contributed by atoms with Crippen molar-refractivity contribution in [2.45, 2.75) is 26.8 Å². The second-order valence-electron chi connectivity index (χ2n) is 6.83. The summed E-state index contributed by atoms with van der Waals surface area (Å²) in [6.45, 7) is 5.95. The first kappa shape index (κ1) is 18.2. The SMILES string of the molecule is Cc1[nH]c2cc(Cl)ccc2c1C(=O)Nc1cccc(-c2nncn2C(C)C)n1. The van der Waals surface area contributed by atoms with Gasteiger partial charge in [0.25, 0.3) is 5.91 Å². The largest absolute Gasteiger partial charge is 0.358 e. The fourth-order valence-corrected chi connectivity index (χ4v) is 3.38. The Balaban J connectivity index is 1.66. The molecule has 4 aromatic rings. The molecule has 0 unspecified atom stereocenters. The maximum absolute atomic E-state index is 12.9. The second-order valence-corrected chi connectivity index (χ2v) is 7.27. The van der Waals surface area contributed by atoms with E-state index >= 15 is 0 Å². The smallest absolute Gasteiger partial charge is 0.259 e. The maximum atomic E-state index is 12.9. The normalized spacial score (nSPS) is 11.3. The van der Waals surface area contributed by atoms with Crippen molar-refractivity contribution >= 4 is 34.2 Å². The lowest BCUT2D eigenvalue weighted by Crippen LogP contribution is -2.14. The van der Waals surface area contributed by atoms with Gasteiger partial charge in [0, 0.05) is 27.7 Å². The topological polar surface area (TPSA) is 88.5 Å². The number of hydrogen-bond donors (Lipinski definition) is 2. The van der Waals surface area contributed by atoms with Gasteiger partial charge in [-0.05, 0) is 45.0 Å². The van der Waals surface area contributed by atoms with Crippen LogP contribution in [0.15, 0.2) is 42.7 Å².